The third kappa shape index (κ3) is 3.42. The molecule has 0 aromatic heterocycles. The first kappa shape index (κ1) is 22.3. The molecule has 2 heterocycles. The summed E-state index contributed by atoms with van der Waals surface area (Å²) in [6, 6.07) is 5.06. The number of nitriles is 1. The number of fused-ring (bicyclic) bond motifs is 1. The van der Waals surface area contributed by atoms with Gasteiger partial charge in [-0.1, -0.05) is 38.4 Å². The van der Waals surface area contributed by atoms with E-state index in [1.165, 1.54) is 0 Å². The molecule has 2 aliphatic heterocycles. The Balaban J connectivity index is 1.99. The van der Waals surface area contributed by atoms with Gasteiger partial charge in [0.15, 0.2) is 8.32 Å². The van der Waals surface area contributed by atoms with Gasteiger partial charge in [0.05, 0.1) is 28.6 Å². The minimum atomic E-state index is -2.05. The van der Waals surface area contributed by atoms with Gasteiger partial charge in [0.25, 0.3) is 0 Å². The molecule has 2 saturated heterocycles. The minimum Gasteiger partial charge on any atom is -0.412 e. The average molecular weight is 435 g/mol. The van der Waals surface area contributed by atoms with Crippen molar-refractivity contribution in [1.29, 1.82) is 5.26 Å². The Bertz CT molecular complexity index is 885. The lowest BCUT2D eigenvalue weighted by Gasteiger charge is -2.42. The van der Waals surface area contributed by atoms with Crippen molar-refractivity contribution in [3.63, 3.8) is 0 Å². The third-order valence-corrected chi connectivity index (χ3v) is 12.2. The second-order valence-corrected chi connectivity index (χ2v) is 15.2. The SMILES string of the molecule is Cc1c(C2C(=O)N3CCC(O[Si](C)(C)C(C)(C)C)C3C2(C)O)ccc(C#N)c1Cl. The van der Waals surface area contributed by atoms with Crippen LogP contribution in [0.5, 0.6) is 0 Å². The molecule has 4 atom stereocenters. The van der Waals surface area contributed by atoms with Crippen molar-refractivity contribution >= 4 is 25.8 Å². The molecule has 7 heteroatoms. The molecular formula is C22H31ClN2O3Si. The molecule has 1 amide bonds. The zero-order valence-electron chi connectivity index (χ0n) is 18.3. The molecule has 2 aliphatic rings. The molecule has 4 unspecified atom stereocenters. The summed E-state index contributed by atoms with van der Waals surface area (Å²) in [5, 5.41) is 21.2. The van der Waals surface area contributed by atoms with Gasteiger partial charge in [0.1, 0.15) is 11.7 Å². The Morgan fingerprint density at radius 3 is 2.55 bits per heavy atom. The zero-order chi connectivity index (χ0) is 21.9. The molecule has 5 nitrogen and oxygen atoms in total. The van der Waals surface area contributed by atoms with E-state index in [0.717, 1.165) is 6.42 Å². The van der Waals surface area contributed by atoms with Gasteiger partial charge in [0, 0.05) is 6.54 Å². The van der Waals surface area contributed by atoms with Gasteiger partial charge in [-0.3, -0.25) is 4.79 Å². The van der Waals surface area contributed by atoms with Crippen molar-refractivity contribution in [2.24, 2.45) is 0 Å². The van der Waals surface area contributed by atoms with Gasteiger partial charge in [-0.15, -0.1) is 0 Å². The number of hydrogen-bond donors (Lipinski definition) is 1. The Morgan fingerprint density at radius 1 is 1.38 bits per heavy atom. The van der Waals surface area contributed by atoms with Gasteiger partial charge in [-0.2, -0.15) is 5.26 Å². The maximum Gasteiger partial charge on any atom is 0.233 e. The van der Waals surface area contributed by atoms with Gasteiger partial charge in [-0.25, -0.2) is 0 Å². The van der Waals surface area contributed by atoms with E-state index < -0.39 is 19.8 Å². The summed E-state index contributed by atoms with van der Waals surface area (Å²) in [5.41, 5.74) is 0.442. The van der Waals surface area contributed by atoms with E-state index in [2.05, 4.69) is 39.9 Å². The molecule has 0 bridgehead atoms. The number of carbonyl (C=O) groups excluding carboxylic acids is 1. The molecule has 0 radical (unpaired) electrons. The molecule has 0 saturated carbocycles. The fraction of sp³-hybridized carbons (Fsp3) is 0.636. The lowest BCUT2D eigenvalue weighted by atomic mass is 9.78. The summed E-state index contributed by atoms with van der Waals surface area (Å²) in [6.07, 6.45) is 0.549. The molecule has 1 aromatic rings. The number of aliphatic hydroxyl groups is 1. The fourth-order valence-corrected chi connectivity index (χ4v) is 6.09. The van der Waals surface area contributed by atoms with Gasteiger partial charge in [-0.05, 0) is 55.6 Å². The number of nitrogens with zero attached hydrogens (tertiary/aromatic N) is 2. The predicted octanol–water partition coefficient (Wildman–Crippen LogP) is 4.36. The van der Waals surface area contributed by atoms with Crippen LogP contribution in [0.2, 0.25) is 23.2 Å². The zero-order valence-corrected chi connectivity index (χ0v) is 20.1. The number of carbonyl (C=O) groups is 1. The fourth-order valence-electron chi connectivity index (χ4n) is 4.52. The number of amides is 1. The normalized spacial score (nSPS) is 29.9. The van der Waals surface area contributed by atoms with Crippen LogP contribution >= 0.6 is 11.6 Å². The van der Waals surface area contributed by atoms with Crippen LogP contribution in [0.3, 0.4) is 0 Å². The molecule has 1 aromatic carbocycles. The number of benzene rings is 1. The van der Waals surface area contributed by atoms with Crippen molar-refractivity contribution in [3.8, 4) is 6.07 Å². The molecule has 1 N–H and O–H groups in total. The van der Waals surface area contributed by atoms with Crippen molar-refractivity contribution in [3.05, 3.63) is 33.8 Å². The van der Waals surface area contributed by atoms with E-state index in [0.29, 0.717) is 28.3 Å². The smallest absolute Gasteiger partial charge is 0.233 e. The highest BCUT2D eigenvalue weighted by atomic mass is 35.5. The van der Waals surface area contributed by atoms with E-state index in [1.54, 1.807) is 30.9 Å². The number of rotatable bonds is 3. The minimum absolute atomic E-state index is 0.0472. The summed E-state index contributed by atoms with van der Waals surface area (Å²) < 4.78 is 6.65. The monoisotopic (exact) mass is 434 g/mol. The molecule has 0 aliphatic carbocycles. The molecule has 2 fully saturated rings. The van der Waals surface area contributed by atoms with Crippen molar-refractivity contribution < 1.29 is 14.3 Å². The standard InChI is InChI=1S/C22H31ClN2O3Si/c1-13-15(9-8-14(12-24)18(13)23)17-20(26)25-11-10-16(19(25)22(17,5)27)28-29(6,7)21(2,3)4/h8-9,16-17,19,27H,10-11H2,1-7H3. The second kappa shape index (κ2) is 7.09. The van der Waals surface area contributed by atoms with Gasteiger partial charge in [0.2, 0.25) is 5.91 Å². The van der Waals surface area contributed by atoms with Crippen molar-refractivity contribution in [1.82, 2.24) is 4.90 Å². The summed E-state index contributed by atoms with van der Waals surface area (Å²) in [6.45, 7) is 15.1. The average Bonchev–Trinajstić information content (AvgIpc) is 3.09. The van der Waals surface area contributed by atoms with Crippen LogP contribution in [0.1, 0.15) is 56.7 Å². The Labute approximate surface area is 179 Å². The third-order valence-electron chi connectivity index (χ3n) is 7.17. The highest BCUT2D eigenvalue weighted by Crippen LogP contribution is 2.49. The lowest BCUT2D eigenvalue weighted by molar-refractivity contribution is -0.129. The summed E-state index contributed by atoms with van der Waals surface area (Å²) >= 11 is 6.36. The number of hydrogen-bond acceptors (Lipinski definition) is 4. The molecule has 158 valence electrons. The van der Waals surface area contributed by atoms with E-state index in [9.17, 15) is 15.2 Å². The van der Waals surface area contributed by atoms with Crippen LogP contribution in [-0.2, 0) is 9.22 Å². The molecular weight excluding hydrogens is 404 g/mol. The first-order chi connectivity index (χ1) is 13.2. The highest BCUT2D eigenvalue weighted by molar-refractivity contribution is 6.74. The van der Waals surface area contributed by atoms with Crippen LogP contribution in [0, 0.1) is 18.3 Å². The molecule has 0 spiro atoms. The summed E-state index contributed by atoms with van der Waals surface area (Å²) in [7, 11) is -2.05. The van der Waals surface area contributed by atoms with Gasteiger partial charge >= 0.3 is 0 Å². The second-order valence-electron chi connectivity index (χ2n) is 10.1. The van der Waals surface area contributed by atoms with E-state index in [-0.39, 0.29) is 23.1 Å². The van der Waals surface area contributed by atoms with E-state index >= 15 is 0 Å². The maximum absolute atomic E-state index is 13.3. The Kier molecular flexibility index (Phi) is 5.45. The summed E-state index contributed by atoms with van der Waals surface area (Å²) in [4.78, 5) is 15.1. The highest BCUT2D eigenvalue weighted by Gasteiger charge is 2.62. The van der Waals surface area contributed by atoms with Crippen LogP contribution < -0.4 is 0 Å². The van der Waals surface area contributed by atoms with Crippen LogP contribution in [0.4, 0.5) is 0 Å². The quantitative estimate of drug-likeness (QED) is 0.717. The first-order valence-electron chi connectivity index (χ1n) is 10.1. The van der Waals surface area contributed by atoms with E-state index in [4.69, 9.17) is 16.0 Å². The lowest BCUT2D eigenvalue weighted by Crippen LogP contribution is -2.53. The number of halogens is 1. The predicted molar refractivity (Wildman–Crippen MR) is 116 cm³/mol. The van der Waals surface area contributed by atoms with Crippen molar-refractivity contribution in [2.75, 3.05) is 6.54 Å². The van der Waals surface area contributed by atoms with E-state index in [1.807, 2.05) is 0 Å². The Hall–Kier alpha value is -1.39. The first-order valence-corrected chi connectivity index (χ1v) is 13.4. The summed E-state index contributed by atoms with van der Waals surface area (Å²) in [5.74, 6) is -0.811. The van der Waals surface area contributed by atoms with Crippen LogP contribution in [-0.4, -0.2) is 48.5 Å². The topological polar surface area (TPSA) is 73.6 Å². The largest absolute Gasteiger partial charge is 0.412 e. The van der Waals surface area contributed by atoms with Crippen LogP contribution in [0.15, 0.2) is 12.1 Å². The Morgan fingerprint density at radius 2 is 2.00 bits per heavy atom. The molecule has 3 rings (SSSR count). The maximum atomic E-state index is 13.3. The van der Waals surface area contributed by atoms with Crippen molar-refractivity contribution in [2.45, 2.75) is 82.8 Å². The van der Waals surface area contributed by atoms with Crippen LogP contribution in [0.25, 0.3) is 0 Å². The molecule has 29 heavy (non-hydrogen) atoms. The van der Waals surface area contributed by atoms with Gasteiger partial charge < -0.3 is 14.4 Å².